The van der Waals surface area contributed by atoms with Crippen molar-refractivity contribution in [3.8, 4) is 44.5 Å². The molecule has 8 aromatic rings. The van der Waals surface area contributed by atoms with Crippen molar-refractivity contribution in [3.05, 3.63) is 146 Å². The minimum absolute atomic E-state index is 1.27. The second-order valence-corrected chi connectivity index (χ2v) is 10.8. The molecule has 40 heavy (non-hydrogen) atoms. The average molecular weight is 505 g/mol. The van der Waals surface area contributed by atoms with Crippen LogP contribution in [0.25, 0.3) is 87.6 Å². The van der Waals surface area contributed by atoms with Crippen LogP contribution >= 0.6 is 0 Å². The van der Waals surface area contributed by atoms with Crippen LogP contribution in [0.1, 0.15) is 0 Å². The quantitative estimate of drug-likeness (QED) is 0.180. The lowest BCUT2D eigenvalue weighted by molar-refractivity contribution is 1.55. The van der Waals surface area contributed by atoms with Gasteiger partial charge in [0, 0.05) is 0 Å². The Morgan fingerprint density at radius 1 is 0.200 bits per heavy atom. The molecule has 0 atom stereocenters. The summed E-state index contributed by atoms with van der Waals surface area (Å²) in [5.74, 6) is 0. The highest BCUT2D eigenvalue weighted by Crippen LogP contribution is 2.52. The summed E-state index contributed by atoms with van der Waals surface area (Å²) in [6.07, 6.45) is 0. The first-order valence-corrected chi connectivity index (χ1v) is 14.0. The van der Waals surface area contributed by atoms with Crippen molar-refractivity contribution in [3.63, 3.8) is 0 Å². The second kappa shape index (κ2) is 8.15. The molecule has 0 spiro atoms. The monoisotopic (exact) mass is 504 g/mol. The lowest BCUT2D eigenvalue weighted by atomic mass is 9.77. The van der Waals surface area contributed by atoms with Crippen LogP contribution in [-0.4, -0.2) is 0 Å². The molecule has 1 aliphatic rings. The molecule has 0 radical (unpaired) electrons. The first-order chi connectivity index (χ1) is 19.9. The van der Waals surface area contributed by atoms with E-state index in [0.717, 1.165) is 0 Å². The fourth-order valence-electron chi connectivity index (χ4n) is 7.08. The number of benzene rings is 8. The van der Waals surface area contributed by atoms with E-state index >= 15 is 0 Å². The zero-order valence-corrected chi connectivity index (χ0v) is 21.9. The van der Waals surface area contributed by atoms with Crippen LogP contribution in [0.4, 0.5) is 0 Å². The van der Waals surface area contributed by atoms with Gasteiger partial charge in [-0.05, 0) is 87.6 Å². The molecule has 0 bridgehead atoms. The summed E-state index contributed by atoms with van der Waals surface area (Å²) in [5, 5.41) is 10.3. The Kier molecular flexibility index (Phi) is 4.42. The van der Waals surface area contributed by atoms with E-state index in [0.29, 0.717) is 0 Å². The fraction of sp³-hybridized carbons (Fsp3) is 0. The standard InChI is InChI=1S/C40H24/c1-3-11-27-25(9-1)18-20-36-32(27)21-23-37-31-15-6-5-13-29(31)30-14-7-8-16-34(30)39-35-19-17-26-10-2-4-12-28(26)33(35)22-24-38(39)40(36)37/h1-24H. The van der Waals surface area contributed by atoms with E-state index in [-0.39, 0.29) is 0 Å². The van der Waals surface area contributed by atoms with Crippen LogP contribution in [0.15, 0.2) is 146 Å². The van der Waals surface area contributed by atoms with Gasteiger partial charge in [0.2, 0.25) is 0 Å². The molecule has 9 rings (SSSR count). The minimum Gasteiger partial charge on any atom is -0.0616 e. The summed E-state index contributed by atoms with van der Waals surface area (Å²) in [6.45, 7) is 0. The lowest BCUT2D eigenvalue weighted by Gasteiger charge is -2.26. The summed E-state index contributed by atoms with van der Waals surface area (Å²) in [4.78, 5) is 0. The van der Waals surface area contributed by atoms with Gasteiger partial charge in [-0.2, -0.15) is 0 Å². The highest BCUT2D eigenvalue weighted by molar-refractivity contribution is 6.22. The van der Waals surface area contributed by atoms with Gasteiger partial charge < -0.3 is 0 Å². The van der Waals surface area contributed by atoms with E-state index in [1.54, 1.807) is 0 Å². The molecule has 0 nitrogen and oxygen atoms in total. The smallest absolute Gasteiger partial charge is 0.00199 e. The van der Waals surface area contributed by atoms with Crippen molar-refractivity contribution >= 4 is 43.1 Å². The maximum absolute atomic E-state index is 2.38. The van der Waals surface area contributed by atoms with Crippen molar-refractivity contribution in [2.75, 3.05) is 0 Å². The second-order valence-electron chi connectivity index (χ2n) is 10.8. The number of rotatable bonds is 0. The lowest BCUT2D eigenvalue weighted by Crippen LogP contribution is -1.99. The summed E-state index contributed by atoms with van der Waals surface area (Å²) in [5.41, 5.74) is 10.3. The molecule has 0 heterocycles. The van der Waals surface area contributed by atoms with Crippen LogP contribution in [0.5, 0.6) is 0 Å². The van der Waals surface area contributed by atoms with Crippen molar-refractivity contribution in [1.82, 2.24) is 0 Å². The highest BCUT2D eigenvalue weighted by atomic mass is 14.3. The van der Waals surface area contributed by atoms with Crippen molar-refractivity contribution in [2.24, 2.45) is 0 Å². The molecule has 0 unspecified atom stereocenters. The van der Waals surface area contributed by atoms with Crippen molar-refractivity contribution in [1.29, 1.82) is 0 Å². The van der Waals surface area contributed by atoms with Gasteiger partial charge in [-0.25, -0.2) is 0 Å². The summed E-state index contributed by atoms with van der Waals surface area (Å²) >= 11 is 0. The normalized spacial score (nSPS) is 12.0. The van der Waals surface area contributed by atoms with Crippen LogP contribution < -0.4 is 0 Å². The van der Waals surface area contributed by atoms with E-state index in [9.17, 15) is 0 Å². The van der Waals surface area contributed by atoms with Gasteiger partial charge >= 0.3 is 0 Å². The van der Waals surface area contributed by atoms with Crippen LogP contribution in [0.3, 0.4) is 0 Å². The van der Waals surface area contributed by atoms with Crippen molar-refractivity contribution < 1.29 is 0 Å². The number of hydrogen-bond donors (Lipinski definition) is 0. The Morgan fingerprint density at radius 3 is 1.20 bits per heavy atom. The third-order valence-corrected chi connectivity index (χ3v) is 8.83. The summed E-state index contributed by atoms with van der Waals surface area (Å²) in [6, 6.07) is 54.0. The molecule has 0 aromatic heterocycles. The molecule has 0 amide bonds. The van der Waals surface area contributed by atoms with Gasteiger partial charge in [0.15, 0.2) is 0 Å². The summed E-state index contributed by atoms with van der Waals surface area (Å²) < 4.78 is 0. The van der Waals surface area contributed by atoms with E-state index < -0.39 is 0 Å². The van der Waals surface area contributed by atoms with E-state index in [1.165, 1.54) is 87.6 Å². The number of hydrogen-bond acceptors (Lipinski definition) is 0. The Morgan fingerprint density at radius 2 is 0.600 bits per heavy atom. The van der Waals surface area contributed by atoms with Gasteiger partial charge in [0.25, 0.3) is 0 Å². The maximum Gasteiger partial charge on any atom is -0.00199 e. The zero-order chi connectivity index (χ0) is 26.2. The fourth-order valence-corrected chi connectivity index (χ4v) is 7.08. The molecule has 0 saturated carbocycles. The van der Waals surface area contributed by atoms with E-state index in [4.69, 9.17) is 0 Å². The van der Waals surface area contributed by atoms with Gasteiger partial charge in [-0.1, -0.05) is 146 Å². The Bertz CT molecular complexity index is 2220. The topological polar surface area (TPSA) is 0 Å². The first-order valence-electron chi connectivity index (χ1n) is 14.0. The van der Waals surface area contributed by atoms with Gasteiger partial charge in [-0.15, -0.1) is 0 Å². The van der Waals surface area contributed by atoms with Crippen LogP contribution in [-0.2, 0) is 0 Å². The molecule has 0 saturated heterocycles. The summed E-state index contributed by atoms with van der Waals surface area (Å²) in [7, 11) is 0. The number of fused-ring (bicyclic) bond motifs is 16. The molecular weight excluding hydrogens is 480 g/mol. The molecule has 0 fully saturated rings. The van der Waals surface area contributed by atoms with Gasteiger partial charge in [-0.3, -0.25) is 0 Å². The predicted octanol–water partition coefficient (Wildman–Crippen LogP) is 11.3. The van der Waals surface area contributed by atoms with Crippen LogP contribution in [0, 0.1) is 0 Å². The average Bonchev–Trinajstić information content (AvgIpc) is 3.03. The SMILES string of the molecule is c1ccc2c(c1)-c1ccccc1-c1c(ccc3c1ccc1ccccc13)-c1c-2ccc2c1ccc1ccccc12. The van der Waals surface area contributed by atoms with Crippen molar-refractivity contribution in [2.45, 2.75) is 0 Å². The third kappa shape index (κ3) is 2.91. The third-order valence-electron chi connectivity index (χ3n) is 8.83. The molecular formula is C40H24. The van der Waals surface area contributed by atoms with E-state index in [2.05, 4.69) is 146 Å². The highest BCUT2D eigenvalue weighted by Gasteiger charge is 2.25. The van der Waals surface area contributed by atoms with E-state index in [1.807, 2.05) is 0 Å². The minimum atomic E-state index is 1.27. The largest absolute Gasteiger partial charge is 0.0616 e. The Labute approximate surface area is 232 Å². The van der Waals surface area contributed by atoms with Gasteiger partial charge in [0.1, 0.15) is 0 Å². The molecule has 184 valence electrons. The first kappa shape index (κ1) is 21.7. The maximum atomic E-state index is 2.38. The molecule has 1 aliphatic carbocycles. The zero-order valence-electron chi connectivity index (χ0n) is 21.9. The molecule has 0 heteroatoms. The molecule has 0 N–H and O–H groups in total. The Balaban J connectivity index is 1.54. The Hall–Kier alpha value is -5.20. The van der Waals surface area contributed by atoms with Gasteiger partial charge in [0.05, 0.1) is 0 Å². The van der Waals surface area contributed by atoms with Crippen LogP contribution in [0.2, 0.25) is 0 Å². The molecule has 0 aliphatic heterocycles. The predicted molar refractivity (Wildman–Crippen MR) is 172 cm³/mol. The molecule has 8 aromatic carbocycles.